The molecule has 0 saturated heterocycles. The highest BCUT2D eigenvalue weighted by molar-refractivity contribution is 4.83. The molecule has 2 aliphatic rings. The summed E-state index contributed by atoms with van der Waals surface area (Å²) >= 11 is 0. The van der Waals surface area contributed by atoms with Crippen LogP contribution in [0.3, 0.4) is 0 Å². The van der Waals surface area contributed by atoms with Crippen molar-refractivity contribution in [3.05, 3.63) is 0 Å². The van der Waals surface area contributed by atoms with E-state index in [2.05, 4.69) is 26.1 Å². The maximum atomic E-state index is 6.15. The Kier molecular flexibility index (Phi) is 6.35. The topological polar surface area (TPSA) is 21.3 Å². The third-order valence-electron chi connectivity index (χ3n) is 5.09. The van der Waals surface area contributed by atoms with E-state index in [0.717, 1.165) is 25.1 Å². The Morgan fingerprint density at radius 2 is 1.75 bits per heavy atom. The summed E-state index contributed by atoms with van der Waals surface area (Å²) in [6.07, 6.45) is 12.8. The molecule has 2 atom stereocenters. The second kappa shape index (κ2) is 7.79. The zero-order chi connectivity index (χ0) is 14.4. The van der Waals surface area contributed by atoms with Crippen LogP contribution in [0.25, 0.3) is 0 Å². The molecule has 20 heavy (non-hydrogen) atoms. The lowest BCUT2D eigenvalue weighted by molar-refractivity contribution is -0.0219. The monoisotopic (exact) mass is 281 g/mol. The van der Waals surface area contributed by atoms with Gasteiger partial charge in [-0.25, -0.2) is 0 Å². The molecule has 2 aliphatic carbocycles. The van der Waals surface area contributed by atoms with Crippen LogP contribution in [0.4, 0.5) is 0 Å². The summed E-state index contributed by atoms with van der Waals surface area (Å²) in [5.74, 6) is 0.818. The van der Waals surface area contributed by atoms with E-state index >= 15 is 0 Å². The van der Waals surface area contributed by atoms with Gasteiger partial charge in [0.25, 0.3) is 0 Å². The Hall–Kier alpha value is -0.0800. The van der Waals surface area contributed by atoms with Crippen LogP contribution < -0.4 is 5.32 Å². The minimum atomic E-state index is 0.469. The van der Waals surface area contributed by atoms with Gasteiger partial charge in [0, 0.05) is 12.6 Å². The van der Waals surface area contributed by atoms with E-state index in [4.69, 9.17) is 4.74 Å². The van der Waals surface area contributed by atoms with Gasteiger partial charge in [-0.3, -0.25) is 0 Å². The average Bonchev–Trinajstić information content (AvgIpc) is 2.60. The SMILES string of the molecule is CC1CC(OCCNC2CCCCCC2)CC(C)(C)C1. The molecule has 2 heteroatoms. The molecule has 0 radical (unpaired) electrons. The quantitative estimate of drug-likeness (QED) is 0.590. The molecule has 2 nitrogen and oxygen atoms in total. The number of hydrogen-bond acceptors (Lipinski definition) is 2. The molecule has 2 fully saturated rings. The first-order valence-electron chi connectivity index (χ1n) is 8.90. The Bertz CT molecular complexity index is 269. The normalized spacial score (nSPS) is 31.9. The minimum Gasteiger partial charge on any atom is -0.377 e. The van der Waals surface area contributed by atoms with Gasteiger partial charge in [-0.2, -0.15) is 0 Å². The molecule has 2 saturated carbocycles. The Morgan fingerprint density at radius 1 is 1.05 bits per heavy atom. The molecule has 0 aliphatic heterocycles. The van der Waals surface area contributed by atoms with Crippen molar-refractivity contribution in [1.29, 1.82) is 0 Å². The predicted molar refractivity (Wildman–Crippen MR) is 86.0 cm³/mol. The van der Waals surface area contributed by atoms with Crippen molar-refractivity contribution in [2.24, 2.45) is 11.3 Å². The first kappa shape index (κ1) is 16.3. The zero-order valence-electron chi connectivity index (χ0n) is 13.9. The van der Waals surface area contributed by atoms with Crippen LogP contribution in [0.5, 0.6) is 0 Å². The van der Waals surface area contributed by atoms with Crippen molar-refractivity contribution < 1.29 is 4.74 Å². The first-order valence-corrected chi connectivity index (χ1v) is 8.90. The fourth-order valence-corrected chi connectivity index (χ4v) is 4.36. The molecule has 0 spiro atoms. The highest BCUT2D eigenvalue weighted by Crippen LogP contribution is 2.39. The molecule has 2 rings (SSSR count). The molecule has 0 aromatic rings. The largest absolute Gasteiger partial charge is 0.377 e. The predicted octanol–water partition coefficient (Wildman–Crippen LogP) is 4.53. The number of rotatable bonds is 5. The summed E-state index contributed by atoms with van der Waals surface area (Å²) in [6.45, 7) is 9.09. The number of hydrogen-bond donors (Lipinski definition) is 1. The summed E-state index contributed by atoms with van der Waals surface area (Å²) < 4.78 is 6.15. The van der Waals surface area contributed by atoms with Gasteiger partial charge in [-0.15, -0.1) is 0 Å². The smallest absolute Gasteiger partial charge is 0.0594 e. The highest BCUT2D eigenvalue weighted by Gasteiger charge is 2.32. The second-order valence-corrected chi connectivity index (χ2v) is 8.05. The lowest BCUT2D eigenvalue weighted by atomic mass is 9.71. The van der Waals surface area contributed by atoms with Gasteiger partial charge in [-0.1, -0.05) is 46.5 Å². The van der Waals surface area contributed by atoms with Gasteiger partial charge in [0.05, 0.1) is 12.7 Å². The molecule has 0 aromatic heterocycles. The zero-order valence-corrected chi connectivity index (χ0v) is 13.9. The molecular weight excluding hydrogens is 246 g/mol. The second-order valence-electron chi connectivity index (χ2n) is 8.05. The molecule has 2 unspecified atom stereocenters. The summed E-state index contributed by atoms with van der Waals surface area (Å²) in [4.78, 5) is 0. The third-order valence-corrected chi connectivity index (χ3v) is 5.09. The fraction of sp³-hybridized carbons (Fsp3) is 1.00. The lowest BCUT2D eigenvalue weighted by Crippen LogP contribution is -2.36. The van der Waals surface area contributed by atoms with E-state index in [-0.39, 0.29) is 0 Å². The fourth-order valence-electron chi connectivity index (χ4n) is 4.36. The van der Waals surface area contributed by atoms with Crippen LogP contribution in [0, 0.1) is 11.3 Å². The molecule has 0 amide bonds. The van der Waals surface area contributed by atoms with Crippen LogP contribution in [0.1, 0.15) is 78.6 Å². The van der Waals surface area contributed by atoms with Crippen LogP contribution in [0.2, 0.25) is 0 Å². The van der Waals surface area contributed by atoms with Gasteiger partial charge in [0.1, 0.15) is 0 Å². The average molecular weight is 281 g/mol. The third kappa shape index (κ3) is 5.73. The summed E-state index contributed by atoms with van der Waals surface area (Å²) in [5.41, 5.74) is 0.469. The summed E-state index contributed by atoms with van der Waals surface area (Å²) in [7, 11) is 0. The van der Waals surface area contributed by atoms with Crippen molar-refractivity contribution in [3.8, 4) is 0 Å². The Morgan fingerprint density at radius 3 is 2.40 bits per heavy atom. The number of ether oxygens (including phenoxy) is 1. The standard InChI is InChI=1S/C18H35NO/c1-15-12-17(14-18(2,3)13-15)20-11-10-19-16-8-6-4-5-7-9-16/h15-17,19H,4-14H2,1-3H3. The summed E-state index contributed by atoms with van der Waals surface area (Å²) in [6, 6.07) is 0.753. The van der Waals surface area contributed by atoms with Gasteiger partial charge in [0.15, 0.2) is 0 Å². The Labute approximate surface area is 126 Å². The van der Waals surface area contributed by atoms with E-state index in [9.17, 15) is 0 Å². The maximum absolute atomic E-state index is 6.15. The summed E-state index contributed by atoms with van der Waals surface area (Å²) in [5, 5.41) is 3.71. The van der Waals surface area contributed by atoms with Crippen LogP contribution in [-0.2, 0) is 4.74 Å². The maximum Gasteiger partial charge on any atom is 0.0594 e. The van der Waals surface area contributed by atoms with Crippen molar-refractivity contribution in [2.75, 3.05) is 13.2 Å². The van der Waals surface area contributed by atoms with E-state index < -0.39 is 0 Å². The van der Waals surface area contributed by atoms with Gasteiger partial charge in [-0.05, 0) is 43.4 Å². The van der Waals surface area contributed by atoms with Crippen molar-refractivity contribution >= 4 is 0 Å². The highest BCUT2D eigenvalue weighted by atomic mass is 16.5. The van der Waals surface area contributed by atoms with Crippen LogP contribution in [-0.4, -0.2) is 25.3 Å². The molecule has 1 N–H and O–H groups in total. The van der Waals surface area contributed by atoms with Crippen molar-refractivity contribution in [3.63, 3.8) is 0 Å². The van der Waals surface area contributed by atoms with E-state index in [1.165, 1.54) is 57.8 Å². The molecule has 0 aromatic carbocycles. The van der Waals surface area contributed by atoms with Gasteiger partial charge < -0.3 is 10.1 Å². The molecular formula is C18H35NO. The minimum absolute atomic E-state index is 0.469. The molecule has 118 valence electrons. The lowest BCUT2D eigenvalue weighted by Gasteiger charge is -2.38. The Balaban J connectivity index is 1.60. The van der Waals surface area contributed by atoms with Crippen LogP contribution in [0.15, 0.2) is 0 Å². The van der Waals surface area contributed by atoms with E-state index in [1.807, 2.05) is 0 Å². The molecule has 0 bridgehead atoms. The molecule has 0 heterocycles. The number of nitrogens with one attached hydrogen (secondary N) is 1. The van der Waals surface area contributed by atoms with E-state index in [1.54, 1.807) is 0 Å². The van der Waals surface area contributed by atoms with E-state index in [0.29, 0.717) is 11.5 Å². The van der Waals surface area contributed by atoms with Gasteiger partial charge in [0.2, 0.25) is 0 Å². The van der Waals surface area contributed by atoms with Crippen LogP contribution >= 0.6 is 0 Å². The van der Waals surface area contributed by atoms with Gasteiger partial charge >= 0.3 is 0 Å². The first-order chi connectivity index (χ1) is 9.55. The van der Waals surface area contributed by atoms with Crippen molar-refractivity contribution in [2.45, 2.75) is 90.7 Å². The van der Waals surface area contributed by atoms with Crippen molar-refractivity contribution in [1.82, 2.24) is 5.32 Å².